The van der Waals surface area contributed by atoms with Gasteiger partial charge in [0.1, 0.15) is 17.4 Å². The third-order valence-corrected chi connectivity index (χ3v) is 4.51. The fourth-order valence-corrected chi connectivity index (χ4v) is 3.19. The van der Waals surface area contributed by atoms with Crippen LogP contribution >= 0.6 is 11.6 Å². The number of carbonyl (C=O) groups is 2. The summed E-state index contributed by atoms with van der Waals surface area (Å²) in [6.45, 7) is -0.469. The van der Waals surface area contributed by atoms with Crippen molar-refractivity contribution in [2.75, 3.05) is 6.54 Å². The van der Waals surface area contributed by atoms with Gasteiger partial charge < -0.3 is 10.4 Å². The van der Waals surface area contributed by atoms with Gasteiger partial charge in [-0.05, 0) is 17.7 Å². The van der Waals surface area contributed by atoms with Crippen LogP contribution in [0.1, 0.15) is 17.8 Å². The summed E-state index contributed by atoms with van der Waals surface area (Å²) in [7, 11) is 0. The van der Waals surface area contributed by atoms with Crippen LogP contribution in [0.5, 0.6) is 0 Å². The van der Waals surface area contributed by atoms with Gasteiger partial charge in [0, 0.05) is 30.9 Å². The Morgan fingerprint density at radius 2 is 1.93 bits per heavy atom. The van der Waals surface area contributed by atoms with Crippen LogP contribution in [0.4, 0.5) is 22.4 Å². The molecule has 0 unspecified atom stereocenters. The molecule has 2 atom stereocenters. The minimum atomic E-state index is -4.68. The van der Waals surface area contributed by atoms with E-state index in [2.05, 4.69) is 20.3 Å². The van der Waals surface area contributed by atoms with E-state index >= 15 is 0 Å². The van der Waals surface area contributed by atoms with Crippen molar-refractivity contribution in [2.24, 2.45) is 0 Å². The first-order valence-corrected chi connectivity index (χ1v) is 8.90. The van der Waals surface area contributed by atoms with E-state index in [1.54, 1.807) is 0 Å². The molecule has 3 heterocycles. The van der Waals surface area contributed by atoms with Crippen molar-refractivity contribution in [1.29, 1.82) is 0 Å². The van der Waals surface area contributed by atoms with Gasteiger partial charge in [0.05, 0.1) is 12.2 Å². The second-order valence-corrected chi connectivity index (χ2v) is 6.87. The summed E-state index contributed by atoms with van der Waals surface area (Å²) in [5.41, 5.74) is 0.790. The highest BCUT2D eigenvalue weighted by atomic mass is 35.5. The second-order valence-electron chi connectivity index (χ2n) is 6.48. The maximum atomic E-state index is 13.5. The molecule has 0 radical (unpaired) electrons. The molecule has 30 heavy (non-hydrogen) atoms. The van der Waals surface area contributed by atoms with E-state index in [-0.39, 0.29) is 35.9 Å². The van der Waals surface area contributed by atoms with Crippen LogP contribution in [-0.2, 0) is 17.5 Å². The summed E-state index contributed by atoms with van der Waals surface area (Å²) in [4.78, 5) is 34.7. The minimum Gasteiger partial charge on any atom is -0.465 e. The number of halogens is 5. The zero-order valence-corrected chi connectivity index (χ0v) is 15.8. The fraction of sp³-hybridized carbons (Fsp3) is 0.353. The lowest BCUT2D eigenvalue weighted by molar-refractivity contribution is -0.145. The highest BCUT2D eigenvalue weighted by molar-refractivity contribution is 6.29. The Balaban J connectivity index is 1.73. The van der Waals surface area contributed by atoms with Crippen LogP contribution in [0.25, 0.3) is 11.3 Å². The van der Waals surface area contributed by atoms with Crippen molar-refractivity contribution in [3.8, 4) is 11.3 Å². The van der Waals surface area contributed by atoms with Crippen LogP contribution < -0.4 is 5.32 Å². The zero-order valence-electron chi connectivity index (χ0n) is 15.0. The summed E-state index contributed by atoms with van der Waals surface area (Å²) in [5.74, 6) is -1.98. The molecule has 0 aromatic carbocycles. The first kappa shape index (κ1) is 21.7. The Morgan fingerprint density at radius 3 is 2.53 bits per heavy atom. The minimum absolute atomic E-state index is 0.00787. The highest BCUT2D eigenvalue weighted by Crippen LogP contribution is 2.27. The largest absolute Gasteiger partial charge is 0.465 e. The zero-order chi connectivity index (χ0) is 22.1. The first-order chi connectivity index (χ1) is 14.0. The van der Waals surface area contributed by atoms with E-state index in [4.69, 9.17) is 16.7 Å². The van der Waals surface area contributed by atoms with E-state index in [0.717, 1.165) is 17.3 Å². The Kier molecular flexibility index (Phi) is 6.06. The van der Waals surface area contributed by atoms with Gasteiger partial charge in [0.2, 0.25) is 11.7 Å². The number of hydrogen-bond acceptors (Lipinski definition) is 5. The van der Waals surface area contributed by atoms with Crippen molar-refractivity contribution < 1.29 is 32.3 Å². The van der Waals surface area contributed by atoms with E-state index in [9.17, 15) is 27.2 Å². The molecule has 13 heteroatoms. The number of carboxylic acid groups (broad SMARTS) is 1. The number of nitrogens with zero attached hydrogens (tertiary/aromatic N) is 4. The quantitative estimate of drug-likeness (QED) is 0.551. The molecule has 1 aliphatic heterocycles. The van der Waals surface area contributed by atoms with Gasteiger partial charge in [-0.1, -0.05) is 11.6 Å². The topological polar surface area (TPSA) is 108 Å². The van der Waals surface area contributed by atoms with E-state index in [1.165, 1.54) is 12.1 Å². The van der Waals surface area contributed by atoms with Gasteiger partial charge in [-0.25, -0.2) is 24.1 Å². The van der Waals surface area contributed by atoms with Crippen molar-refractivity contribution in [3.05, 3.63) is 41.1 Å². The Labute approximate surface area is 171 Å². The van der Waals surface area contributed by atoms with E-state index < -0.39 is 36.2 Å². The molecule has 1 aliphatic rings. The molecule has 3 rings (SSSR count). The summed E-state index contributed by atoms with van der Waals surface area (Å²) in [6.07, 6.45) is -5.87. The molecule has 0 bridgehead atoms. The van der Waals surface area contributed by atoms with Crippen LogP contribution in [0.15, 0.2) is 24.5 Å². The molecule has 1 saturated heterocycles. The molecule has 0 saturated carbocycles. The van der Waals surface area contributed by atoms with Gasteiger partial charge in [0.25, 0.3) is 0 Å². The number of hydrogen-bond donors (Lipinski definition) is 2. The number of pyridine rings is 1. The van der Waals surface area contributed by atoms with Crippen molar-refractivity contribution in [1.82, 2.24) is 25.2 Å². The predicted molar refractivity (Wildman–Crippen MR) is 95.2 cm³/mol. The highest BCUT2D eigenvalue weighted by Gasteiger charge is 2.39. The molecule has 2 aromatic heterocycles. The molecule has 1 fully saturated rings. The normalized spacial score (nSPS) is 19.0. The molecule has 2 aromatic rings. The molecule has 8 nitrogen and oxygen atoms in total. The van der Waals surface area contributed by atoms with Crippen LogP contribution in [0, 0.1) is 0 Å². The molecular weight excluding hydrogens is 434 g/mol. The average Bonchev–Trinajstić information content (AvgIpc) is 3.07. The van der Waals surface area contributed by atoms with Crippen LogP contribution in [0.3, 0.4) is 0 Å². The number of amides is 2. The van der Waals surface area contributed by atoms with Gasteiger partial charge in [-0.2, -0.15) is 13.2 Å². The van der Waals surface area contributed by atoms with Gasteiger partial charge in [0.15, 0.2) is 0 Å². The maximum Gasteiger partial charge on any atom is 0.451 e. The third kappa shape index (κ3) is 4.93. The lowest BCUT2D eigenvalue weighted by Crippen LogP contribution is -2.45. The summed E-state index contributed by atoms with van der Waals surface area (Å²) in [6, 6.07) is 1.72. The maximum absolute atomic E-state index is 13.5. The summed E-state index contributed by atoms with van der Waals surface area (Å²) >= 11 is 5.95. The number of nitrogens with one attached hydrogen (secondary N) is 1. The van der Waals surface area contributed by atoms with Crippen molar-refractivity contribution in [2.45, 2.75) is 31.4 Å². The second kappa shape index (κ2) is 8.38. The lowest BCUT2D eigenvalue weighted by atomic mass is 10.1. The monoisotopic (exact) mass is 447 g/mol. The number of rotatable bonds is 4. The Morgan fingerprint density at radius 1 is 1.27 bits per heavy atom. The molecule has 2 amide bonds. The van der Waals surface area contributed by atoms with Crippen LogP contribution in [0.2, 0.25) is 5.15 Å². The SMILES string of the molecule is O=C(NCc1cc(Cl)nc(-c2cnc(C(F)(F)F)nc2)c1)[C@@H]1C[C@@H](F)CN1C(=O)O. The van der Waals surface area contributed by atoms with Crippen molar-refractivity contribution >= 4 is 23.6 Å². The lowest BCUT2D eigenvalue weighted by Gasteiger charge is -2.20. The third-order valence-electron chi connectivity index (χ3n) is 4.32. The van der Waals surface area contributed by atoms with Crippen LogP contribution in [-0.4, -0.2) is 55.7 Å². The molecule has 0 aliphatic carbocycles. The number of alkyl halides is 4. The fourth-order valence-electron chi connectivity index (χ4n) is 2.96. The standard InChI is InChI=1S/C17H14ClF4N5O3/c18-13-2-8(4-23-14(28)12-3-10(19)7-27(12)16(29)30)1-11(26-13)9-5-24-15(25-6-9)17(20,21)22/h1-2,5-6,10,12H,3-4,7H2,(H,23,28)(H,29,30)/t10-,12+/m1/s1. The molecular formula is C17H14ClF4N5O3. The smallest absolute Gasteiger partial charge is 0.451 e. The Hall–Kier alpha value is -3.02. The molecule has 2 N–H and O–H groups in total. The Bertz CT molecular complexity index is 957. The summed E-state index contributed by atoms with van der Waals surface area (Å²) < 4.78 is 51.3. The number of aromatic nitrogens is 3. The number of carbonyl (C=O) groups excluding carboxylic acids is 1. The van der Waals surface area contributed by atoms with Gasteiger partial charge in [-0.3, -0.25) is 9.69 Å². The summed E-state index contributed by atoms with van der Waals surface area (Å²) in [5, 5.41) is 11.6. The van der Waals surface area contributed by atoms with E-state index in [1.807, 2.05) is 0 Å². The van der Waals surface area contributed by atoms with Gasteiger partial charge in [-0.15, -0.1) is 0 Å². The first-order valence-electron chi connectivity index (χ1n) is 8.52. The molecule has 0 spiro atoms. The molecule has 160 valence electrons. The van der Waals surface area contributed by atoms with E-state index in [0.29, 0.717) is 5.56 Å². The number of likely N-dealkylation sites (tertiary alicyclic amines) is 1. The van der Waals surface area contributed by atoms with Crippen molar-refractivity contribution in [3.63, 3.8) is 0 Å². The average molecular weight is 448 g/mol. The predicted octanol–water partition coefficient (Wildman–Crippen LogP) is 2.92. The van der Waals surface area contributed by atoms with Gasteiger partial charge >= 0.3 is 12.3 Å².